The maximum Gasteiger partial charge on any atom is 0.155 e. The molecule has 0 aliphatic carbocycles. The first-order valence-electron chi connectivity index (χ1n) is 2.88. The molecule has 0 aliphatic rings. The van der Waals surface area contributed by atoms with Crippen LogP contribution in [0.4, 0.5) is 0 Å². The largest absolute Gasteiger partial charge is 0.295 e. The normalized spacial score (nSPS) is 10.0. The lowest BCUT2D eigenvalue weighted by Gasteiger charge is -1.81. The first-order valence-corrected chi connectivity index (χ1v) is 2.88. The molecule has 9 heavy (non-hydrogen) atoms. The molecule has 0 heterocycles. The van der Waals surface area contributed by atoms with E-state index in [9.17, 15) is 9.59 Å². The SMILES string of the molecule is CCC(=O)/C=C\C(C)=O. The van der Waals surface area contributed by atoms with Crippen LogP contribution >= 0.6 is 0 Å². The molecule has 0 saturated heterocycles. The fraction of sp³-hybridized carbons (Fsp3) is 0.429. The standard InChI is InChI=1S/C7H10O2/c1-3-7(9)5-4-6(2)8/h4-5H,3H2,1-2H3/b5-4-. The van der Waals surface area contributed by atoms with E-state index in [2.05, 4.69) is 0 Å². The first-order chi connectivity index (χ1) is 4.16. The quantitative estimate of drug-likeness (QED) is 0.531. The molecule has 0 aromatic carbocycles. The topological polar surface area (TPSA) is 34.1 Å². The van der Waals surface area contributed by atoms with Crippen LogP contribution < -0.4 is 0 Å². The Labute approximate surface area is 54.6 Å². The third-order valence-electron chi connectivity index (χ3n) is 0.852. The van der Waals surface area contributed by atoms with Crippen LogP contribution in [0.1, 0.15) is 20.3 Å². The molecule has 0 aliphatic heterocycles. The van der Waals surface area contributed by atoms with Crippen molar-refractivity contribution in [2.75, 3.05) is 0 Å². The summed E-state index contributed by atoms with van der Waals surface area (Å²) in [6.45, 7) is 3.17. The molecule has 0 spiro atoms. The molecule has 0 saturated carbocycles. The van der Waals surface area contributed by atoms with E-state index in [1.165, 1.54) is 19.1 Å². The van der Waals surface area contributed by atoms with Crippen molar-refractivity contribution in [3.8, 4) is 0 Å². The molecule has 0 radical (unpaired) electrons. The molecule has 0 amide bonds. The summed E-state index contributed by atoms with van der Waals surface area (Å²) in [6.07, 6.45) is 3.05. The zero-order chi connectivity index (χ0) is 7.28. The molecule has 0 rings (SSSR count). The molecule has 0 aromatic heterocycles. The Morgan fingerprint density at radius 3 is 2.22 bits per heavy atom. The average Bonchev–Trinajstić information content (AvgIpc) is 1.83. The summed E-state index contributed by atoms with van der Waals surface area (Å²) in [5.41, 5.74) is 0. The number of carbonyl (C=O) groups excluding carboxylic acids is 2. The Morgan fingerprint density at radius 2 is 1.89 bits per heavy atom. The molecule has 0 bridgehead atoms. The first kappa shape index (κ1) is 8.08. The van der Waals surface area contributed by atoms with Gasteiger partial charge in [0.2, 0.25) is 0 Å². The maximum atomic E-state index is 10.5. The second kappa shape index (κ2) is 4.01. The minimum absolute atomic E-state index is 0.00907. The van der Waals surface area contributed by atoms with Crippen LogP contribution in [0, 0.1) is 0 Å². The zero-order valence-electron chi connectivity index (χ0n) is 5.68. The van der Waals surface area contributed by atoms with Crippen LogP contribution in [0.2, 0.25) is 0 Å². The van der Waals surface area contributed by atoms with E-state index in [0.29, 0.717) is 6.42 Å². The van der Waals surface area contributed by atoms with Crippen LogP contribution in [0.5, 0.6) is 0 Å². The molecule has 0 fully saturated rings. The van der Waals surface area contributed by atoms with Crippen LogP contribution in [-0.4, -0.2) is 11.6 Å². The van der Waals surface area contributed by atoms with Gasteiger partial charge in [0.1, 0.15) is 0 Å². The number of allylic oxidation sites excluding steroid dienone is 2. The van der Waals surface area contributed by atoms with Gasteiger partial charge in [-0.05, 0) is 19.1 Å². The van der Waals surface area contributed by atoms with Crippen molar-refractivity contribution in [2.24, 2.45) is 0 Å². The molecule has 2 heteroatoms. The summed E-state index contributed by atoms with van der Waals surface area (Å²) in [6, 6.07) is 0. The third-order valence-corrected chi connectivity index (χ3v) is 0.852. The van der Waals surface area contributed by atoms with Crippen molar-refractivity contribution >= 4 is 11.6 Å². The Kier molecular flexibility index (Phi) is 3.60. The van der Waals surface area contributed by atoms with Gasteiger partial charge < -0.3 is 0 Å². The van der Waals surface area contributed by atoms with E-state index >= 15 is 0 Å². The monoisotopic (exact) mass is 126 g/mol. The predicted octanol–water partition coefficient (Wildman–Crippen LogP) is 1.11. The molecule has 0 atom stereocenters. The number of hydrogen-bond donors (Lipinski definition) is 0. The number of rotatable bonds is 3. The summed E-state index contributed by atoms with van der Waals surface area (Å²) in [4.78, 5) is 20.7. The summed E-state index contributed by atoms with van der Waals surface area (Å²) in [7, 11) is 0. The zero-order valence-corrected chi connectivity index (χ0v) is 5.68. The van der Waals surface area contributed by atoms with E-state index < -0.39 is 0 Å². The van der Waals surface area contributed by atoms with Gasteiger partial charge in [-0.25, -0.2) is 0 Å². The van der Waals surface area contributed by atoms with Crippen LogP contribution in [0.3, 0.4) is 0 Å². The summed E-state index contributed by atoms with van der Waals surface area (Å²) in [5, 5.41) is 0. The highest BCUT2D eigenvalue weighted by atomic mass is 16.1. The molecule has 0 unspecified atom stereocenters. The van der Waals surface area contributed by atoms with E-state index in [4.69, 9.17) is 0 Å². The van der Waals surface area contributed by atoms with E-state index in [1.54, 1.807) is 6.92 Å². The maximum absolute atomic E-state index is 10.5. The van der Waals surface area contributed by atoms with Gasteiger partial charge in [0.05, 0.1) is 0 Å². The van der Waals surface area contributed by atoms with Crippen LogP contribution in [-0.2, 0) is 9.59 Å². The van der Waals surface area contributed by atoms with Crippen molar-refractivity contribution in [2.45, 2.75) is 20.3 Å². The fourth-order valence-corrected chi connectivity index (χ4v) is 0.328. The Morgan fingerprint density at radius 1 is 1.33 bits per heavy atom. The number of carbonyl (C=O) groups is 2. The molecular weight excluding hydrogens is 116 g/mol. The Balaban J connectivity index is 3.71. The lowest BCUT2D eigenvalue weighted by Crippen LogP contribution is -1.89. The van der Waals surface area contributed by atoms with E-state index in [-0.39, 0.29) is 11.6 Å². The highest BCUT2D eigenvalue weighted by Gasteiger charge is 1.89. The summed E-state index contributed by atoms with van der Waals surface area (Å²) in [5.74, 6) is -0.0954. The van der Waals surface area contributed by atoms with Gasteiger partial charge in [-0.2, -0.15) is 0 Å². The Bertz CT molecular complexity index is 145. The van der Waals surface area contributed by atoms with Crippen LogP contribution in [0.15, 0.2) is 12.2 Å². The summed E-state index contributed by atoms with van der Waals surface area (Å²) >= 11 is 0. The second-order valence-corrected chi connectivity index (χ2v) is 1.76. The van der Waals surface area contributed by atoms with Gasteiger partial charge in [-0.1, -0.05) is 6.92 Å². The highest BCUT2D eigenvalue weighted by molar-refractivity contribution is 5.97. The Hall–Kier alpha value is -0.920. The lowest BCUT2D eigenvalue weighted by atomic mass is 10.2. The number of ketones is 2. The average molecular weight is 126 g/mol. The molecule has 0 aromatic rings. The minimum Gasteiger partial charge on any atom is -0.295 e. The van der Waals surface area contributed by atoms with Gasteiger partial charge in [0, 0.05) is 6.42 Å². The van der Waals surface area contributed by atoms with Gasteiger partial charge in [-0.3, -0.25) is 9.59 Å². The van der Waals surface area contributed by atoms with Crippen molar-refractivity contribution < 1.29 is 9.59 Å². The number of hydrogen-bond acceptors (Lipinski definition) is 2. The lowest BCUT2D eigenvalue weighted by molar-refractivity contribution is -0.115. The fourth-order valence-electron chi connectivity index (χ4n) is 0.328. The van der Waals surface area contributed by atoms with Crippen molar-refractivity contribution in [1.82, 2.24) is 0 Å². The van der Waals surface area contributed by atoms with E-state index in [1.807, 2.05) is 0 Å². The molecule has 0 N–H and O–H groups in total. The van der Waals surface area contributed by atoms with Gasteiger partial charge in [0.25, 0.3) is 0 Å². The summed E-state index contributed by atoms with van der Waals surface area (Å²) < 4.78 is 0. The second-order valence-electron chi connectivity index (χ2n) is 1.76. The van der Waals surface area contributed by atoms with Crippen LogP contribution in [0.25, 0.3) is 0 Å². The van der Waals surface area contributed by atoms with Crippen molar-refractivity contribution in [3.05, 3.63) is 12.2 Å². The molecule has 50 valence electrons. The third kappa shape index (κ3) is 4.94. The molecular formula is C7H10O2. The minimum atomic E-state index is -0.0863. The highest BCUT2D eigenvalue weighted by Crippen LogP contribution is 1.83. The van der Waals surface area contributed by atoms with E-state index in [0.717, 1.165) is 0 Å². The van der Waals surface area contributed by atoms with Gasteiger partial charge in [-0.15, -0.1) is 0 Å². The molecule has 2 nitrogen and oxygen atoms in total. The predicted molar refractivity (Wildman–Crippen MR) is 35.1 cm³/mol. The van der Waals surface area contributed by atoms with Crippen molar-refractivity contribution in [1.29, 1.82) is 0 Å². The van der Waals surface area contributed by atoms with Gasteiger partial charge >= 0.3 is 0 Å². The smallest absolute Gasteiger partial charge is 0.155 e. The van der Waals surface area contributed by atoms with Crippen molar-refractivity contribution in [3.63, 3.8) is 0 Å². The van der Waals surface area contributed by atoms with Gasteiger partial charge in [0.15, 0.2) is 11.6 Å².